The Morgan fingerprint density at radius 1 is 1.03 bits per heavy atom. The molecule has 2 aromatic carbocycles. The Hall–Kier alpha value is -2.59. The minimum atomic E-state index is 0.169. The first-order valence-electron chi connectivity index (χ1n) is 10.1. The predicted octanol–water partition coefficient (Wildman–Crippen LogP) is 5.67. The highest BCUT2D eigenvalue weighted by atomic mass is 16.5. The Morgan fingerprint density at radius 3 is 2.28 bits per heavy atom. The minimum Gasteiger partial charge on any atom is -0.489 e. The summed E-state index contributed by atoms with van der Waals surface area (Å²) in [6.07, 6.45) is 3.27. The maximum absolute atomic E-state index is 10.3. The molecule has 1 N–H and O–H groups in total. The number of carbonyl (C=O) groups excluding carboxylic acids is 1. The smallest absolute Gasteiger partial charge is 0.293 e. The van der Waals surface area contributed by atoms with E-state index >= 15 is 0 Å². The fourth-order valence-electron chi connectivity index (χ4n) is 2.71. The lowest BCUT2D eigenvalue weighted by Crippen LogP contribution is -2.07. The molecular formula is C25H36O4. The van der Waals surface area contributed by atoms with Crippen LogP contribution in [0.25, 0.3) is 11.1 Å². The zero-order valence-electron chi connectivity index (χ0n) is 18.5. The average Bonchev–Trinajstić information content (AvgIpc) is 2.72. The molecule has 0 aliphatic carbocycles. The monoisotopic (exact) mass is 400 g/mol. The van der Waals surface area contributed by atoms with Gasteiger partial charge in [-0.2, -0.15) is 0 Å². The van der Waals surface area contributed by atoms with Crippen molar-refractivity contribution >= 4 is 6.47 Å². The standard InChI is InChI=1S/C20H24O4.C3H6.C2H6/c1-15-5-7-18(16(2)12-15)19-8-6-17(4-3-9-21)13-20(19)24-11-10-23-14-22;1-3-2;1-2/h5-8,12-14,21H,3-4,9-11H2,1-2H3;3H,1H2,2H3;1-2H3. The zero-order valence-corrected chi connectivity index (χ0v) is 18.5. The molecule has 0 spiro atoms. The molecule has 0 radical (unpaired) electrons. The van der Waals surface area contributed by atoms with E-state index < -0.39 is 0 Å². The van der Waals surface area contributed by atoms with Crippen LogP contribution in [0.5, 0.6) is 5.75 Å². The van der Waals surface area contributed by atoms with E-state index in [-0.39, 0.29) is 13.2 Å². The minimum absolute atomic E-state index is 0.169. The van der Waals surface area contributed by atoms with Crippen LogP contribution in [0.3, 0.4) is 0 Å². The van der Waals surface area contributed by atoms with Crippen molar-refractivity contribution in [2.45, 2.75) is 47.5 Å². The van der Waals surface area contributed by atoms with Gasteiger partial charge in [-0.1, -0.05) is 55.8 Å². The second kappa shape index (κ2) is 16.4. The Morgan fingerprint density at radius 2 is 1.69 bits per heavy atom. The van der Waals surface area contributed by atoms with Crippen LogP contribution in [-0.4, -0.2) is 31.4 Å². The van der Waals surface area contributed by atoms with E-state index in [2.05, 4.69) is 50.8 Å². The molecule has 2 aromatic rings. The second-order valence-corrected chi connectivity index (χ2v) is 6.20. The third kappa shape index (κ3) is 9.95. The van der Waals surface area contributed by atoms with Crippen molar-refractivity contribution in [2.24, 2.45) is 0 Å². The third-order valence-electron chi connectivity index (χ3n) is 3.87. The number of hydrogen-bond acceptors (Lipinski definition) is 4. The summed E-state index contributed by atoms with van der Waals surface area (Å²) in [5.74, 6) is 0.770. The van der Waals surface area contributed by atoms with Gasteiger partial charge in [0.2, 0.25) is 0 Å². The molecule has 2 rings (SSSR count). The molecule has 0 bridgehead atoms. The van der Waals surface area contributed by atoms with Crippen molar-refractivity contribution < 1.29 is 19.4 Å². The van der Waals surface area contributed by atoms with Gasteiger partial charge in [0, 0.05) is 12.2 Å². The maximum atomic E-state index is 10.3. The van der Waals surface area contributed by atoms with Crippen LogP contribution in [0.15, 0.2) is 49.1 Å². The molecule has 29 heavy (non-hydrogen) atoms. The summed E-state index contributed by atoms with van der Waals surface area (Å²) < 4.78 is 10.5. The van der Waals surface area contributed by atoms with E-state index in [4.69, 9.17) is 14.6 Å². The van der Waals surface area contributed by atoms with Crippen molar-refractivity contribution in [1.82, 2.24) is 0 Å². The van der Waals surface area contributed by atoms with Crippen LogP contribution in [0.1, 0.15) is 43.9 Å². The number of aryl methyl sites for hydroxylation is 3. The van der Waals surface area contributed by atoms with Gasteiger partial charge in [0.1, 0.15) is 19.0 Å². The van der Waals surface area contributed by atoms with Crippen LogP contribution in [0.4, 0.5) is 0 Å². The molecule has 0 heterocycles. The first-order valence-corrected chi connectivity index (χ1v) is 10.1. The number of ether oxygens (including phenoxy) is 2. The van der Waals surface area contributed by atoms with E-state index in [1.165, 1.54) is 11.1 Å². The Bertz CT molecular complexity index is 723. The van der Waals surface area contributed by atoms with Crippen LogP contribution >= 0.6 is 0 Å². The predicted molar refractivity (Wildman–Crippen MR) is 121 cm³/mol. The summed E-state index contributed by atoms with van der Waals surface area (Å²) in [4.78, 5) is 10.3. The highest BCUT2D eigenvalue weighted by Gasteiger charge is 2.10. The lowest BCUT2D eigenvalue weighted by molar-refractivity contribution is -0.129. The largest absolute Gasteiger partial charge is 0.489 e. The lowest BCUT2D eigenvalue weighted by atomic mass is 9.96. The van der Waals surface area contributed by atoms with Crippen molar-refractivity contribution in [3.63, 3.8) is 0 Å². The van der Waals surface area contributed by atoms with E-state index in [0.29, 0.717) is 13.1 Å². The molecule has 0 saturated carbocycles. The van der Waals surface area contributed by atoms with E-state index in [0.717, 1.165) is 35.3 Å². The summed E-state index contributed by atoms with van der Waals surface area (Å²) in [5, 5.41) is 9.01. The first kappa shape index (κ1) is 26.4. The third-order valence-corrected chi connectivity index (χ3v) is 3.87. The molecule has 4 heteroatoms. The topological polar surface area (TPSA) is 55.8 Å². The number of carbonyl (C=O) groups is 1. The average molecular weight is 401 g/mol. The van der Waals surface area contributed by atoms with Crippen molar-refractivity contribution in [3.05, 3.63) is 65.7 Å². The molecule has 0 aliphatic heterocycles. The normalized spacial score (nSPS) is 9.31. The number of rotatable bonds is 9. The van der Waals surface area contributed by atoms with Crippen LogP contribution in [0.2, 0.25) is 0 Å². The summed E-state index contributed by atoms with van der Waals surface area (Å²) in [6.45, 7) is 14.5. The van der Waals surface area contributed by atoms with Crippen molar-refractivity contribution in [2.75, 3.05) is 19.8 Å². The van der Waals surface area contributed by atoms with E-state index in [1.807, 2.05) is 26.8 Å². The van der Waals surface area contributed by atoms with E-state index in [9.17, 15) is 4.79 Å². The van der Waals surface area contributed by atoms with Gasteiger partial charge in [-0.3, -0.25) is 4.79 Å². The summed E-state index contributed by atoms with van der Waals surface area (Å²) >= 11 is 0. The molecule has 0 fully saturated rings. The molecule has 0 atom stereocenters. The number of benzene rings is 2. The molecule has 0 aliphatic rings. The molecule has 4 nitrogen and oxygen atoms in total. The van der Waals surface area contributed by atoms with Gasteiger partial charge in [-0.05, 0) is 56.4 Å². The van der Waals surface area contributed by atoms with Gasteiger partial charge in [-0.15, -0.1) is 6.58 Å². The van der Waals surface area contributed by atoms with E-state index in [1.54, 1.807) is 6.08 Å². The molecule has 0 unspecified atom stereocenters. The van der Waals surface area contributed by atoms with Crippen molar-refractivity contribution in [3.8, 4) is 16.9 Å². The number of aliphatic hydroxyl groups excluding tert-OH is 1. The van der Waals surface area contributed by atoms with Gasteiger partial charge >= 0.3 is 0 Å². The zero-order chi connectivity index (χ0) is 22.1. The Labute approximate surface area is 176 Å². The second-order valence-electron chi connectivity index (χ2n) is 6.20. The highest BCUT2D eigenvalue weighted by molar-refractivity contribution is 5.74. The first-order chi connectivity index (χ1) is 14.1. The van der Waals surface area contributed by atoms with Crippen molar-refractivity contribution in [1.29, 1.82) is 0 Å². The summed E-state index contributed by atoms with van der Waals surface area (Å²) in [5.41, 5.74) is 5.67. The van der Waals surface area contributed by atoms with Crippen LogP contribution < -0.4 is 4.74 Å². The lowest BCUT2D eigenvalue weighted by Gasteiger charge is -2.15. The highest BCUT2D eigenvalue weighted by Crippen LogP contribution is 2.34. The van der Waals surface area contributed by atoms with Gasteiger partial charge in [0.25, 0.3) is 6.47 Å². The molecule has 0 saturated heterocycles. The fourth-order valence-corrected chi connectivity index (χ4v) is 2.71. The SMILES string of the molecule is C=CC.CC.Cc1ccc(-c2ccc(CCCO)cc2OCCOC=O)c(C)c1. The van der Waals surface area contributed by atoms with Gasteiger partial charge in [-0.25, -0.2) is 0 Å². The van der Waals surface area contributed by atoms with Crippen LogP contribution in [0, 0.1) is 13.8 Å². The number of hydrogen-bond donors (Lipinski definition) is 1. The molecule has 0 aromatic heterocycles. The fraction of sp³-hybridized carbons (Fsp3) is 0.400. The maximum Gasteiger partial charge on any atom is 0.293 e. The number of aliphatic hydroxyl groups is 1. The molecular weight excluding hydrogens is 364 g/mol. The molecule has 160 valence electrons. The van der Waals surface area contributed by atoms with Crippen LogP contribution in [-0.2, 0) is 16.0 Å². The van der Waals surface area contributed by atoms with Gasteiger partial charge in [0.05, 0.1) is 0 Å². The van der Waals surface area contributed by atoms with Gasteiger partial charge in [0.15, 0.2) is 0 Å². The molecule has 0 amide bonds. The number of allylic oxidation sites excluding steroid dienone is 1. The summed E-state index contributed by atoms with van der Waals surface area (Å²) in [6, 6.07) is 12.5. The van der Waals surface area contributed by atoms with Gasteiger partial charge < -0.3 is 14.6 Å². The Balaban J connectivity index is 0.00000143. The Kier molecular flexibility index (Phi) is 14.9. The summed E-state index contributed by atoms with van der Waals surface area (Å²) in [7, 11) is 0. The quantitative estimate of drug-likeness (QED) is 0.335.